The average Bonchev–Trinajstić information content (AvgIpc) is 2.79. The van der Waals surface area contributed by atoms with E-state index < -0.39 is 0 Å². The molecule has 1 aromatic carbocycles. The summed E-state index contributed by atoms with van der Waals surface area (Å²) in [7, 11) is 1.87. The van der Waals surface area contributed by atoms with E-state index in [1.54, 1.807) is 12.3 Å². The average molecular weight is 298 g/mol. The Morgan fingerprint density at radius 3 is 2.55 bits per heavy atom. The first-order valence-electron chi connectivity index (χ1n) is 8.06. The van der Waals surface area contributed by atoms with E-state index in [0.29, 0.717) is 5.39 Å². The molecule has 0 aliphatic heterocycles. The van der Waals surface area contributed by atoms with Gasteiger partial charge in [0, 0.05) is 24.7 Å². The number of carbonyl (C=O) groups is 1. The van der Waals surface area contributed by atoms with E-state index in [9.17, 15) is 9.59 Å². The second kappa shape index (κ2) is 6.34. The zero-order valence-electron chi connectivity index (χ0n) is 13.0. The van der Waals surface area contributed by atoms with Crippen molar-refractivity contribution in [2.75, 3.05) is 0 Å². The number of hydrogen-bond acceptors (Lipinski definition) is 2. The molecule has 1 fully saturated rings. The molecule has 1 heterocycles. The van der Waals surface area contributed by atoms with Gasteiger partial charge in [-0.1, -0.05) is 37.8 Å². The van der Waals surface area contributed by atoms with E-state index in [-0.39, 0.29) is 22.9 Å². The minimum absolute atomic E-state index is 0.181. The van der Waals surface area contributed by atoms with Gasteiger partial charge in [-0.2, -0.15) is 0 Å². The predicted octanol–water partition coefficient (Wildman–Crippen LogP) is 2.99. The third kappa shape index (κ3) is 2.91. The molecule has 0 bridgehead atoms. The molecular formula is C18H22N2O2. The fourth-order valence-electron chi connectivity index (χ4n) is 3.29. The monoisotopic (exact) mass is 298 g/mol. The number of nitrogens with one attached hydrogen (secondary N) is 1. The Labute approximate surface area is 130 Å². The van der Waals surface area contributed by atoms with Crippen LogP contribution in [0.25, 0.3) is 10.9 Å². The molecule has 0 radical (unpaired) electrons. The summed E-state index contributed by atoms with van der Waals surface area (Å²) in [5.74, 6) is -0.238. The predicted molar refractivity (Wildman–Crippen MR) is 88.1 cm³/mol. The molecule has 1 N–H and O–H groups in total. The highest BCUT2D eigenvalue weighted by Gasteiger charge is 2.19. The van der Waals surface area contributed by atoms with Crippen molar-refractivity contribution in [3.8, 4) is 0 Å². The first-order chi connectivity index (χ1) is 10.7. The van der Waals surface area contributed by atoms with Crippen LogP contribution in [0.5, 0.6) is 0 Å². The van der Waals surface area contributed by atoms with Crippen LogP contribution in [0.4, 0.5) is 0 Å². The van der Waals surface area contributed by atoms with E-state index in [2.05, 4.69) is 5.32 Å². The summed E-state index contributed by atoms with van der Waals surface area (Å²) in [6.45, 7) is 0. The van der Waals surface area contributed by atoms with Crippen molar-refractivity contribution in [3.63, 3.8) is 0 Å². The van der Waals surface area contributed by atoms with Gasteiger partial charge in [0.25, 0.3) is 5.91 Å². The molecule has 4 nitrogen and oxygen atoms in total. The summed E-state index contributed by atoms with van der Waals surface area (Å²) in [5.41, 5.74) is 0.906. The van der Waals surface area contributed by atoms with Crippen molar-refractivity contribution in [1.29, 1.82) is 0 Å². The number of hydrogen-bond donors (Lipinski definition) is 1. The first kappa shape index (κ1) is 14.8. The zero-order chi connectivity index (χ0) is 15.5. The zero-order valence-corrected chi connectivity index (χ0v) is 13.0. The molecule has 0 unspecified atom stereocenters. The number of aromatic nitrogens is 1. The maximum Gasteiger partial charge on any atom is 0.256 e. The normalized spacial score (nSPS) is 16.4. The van der Waals surface area contributed by atoms with Crippen molar-refractivity contribution in [2.45, 2.75) is 44.6 Å². The maximum atomic E-state index is 12.6. The topological polar surface area (TPSA) is 51.1 Å². The van der Waals surface area contributed by atoms with Crippen molar-refractivity contribution < 1.29 is 4.79 Å². The van der Waals surface area contributed by atoms with E-state index in [0.717, 1.165) is 31.2 Å². The number of carbonyl (C=O) groups excluding carboxylic acids is 1. The lowest BCUT2D eigenvalue weighted by Crippen LogP contribution is -2.37. The Morgan fingerprint density at radius 1 is 1.14 bits per heavy atom. The Hall–Kier alpha value is -2.10. The van der Waals surface area contributed by atoms with Gasteiger partial charge in [0.1, 0.15) is 5.56 Å². The van der Waals surface area contributed by atoms with Gasteiger partial charge in [0.2, 0.25) is 5.43 Å². The standard InChI is InChI=1S/C18H22N2O2/c1-20-12-15(17(21)14-10-6-7-11-16(14)20)18(22)19-13-8-4-2-3-5-9-13/h6-7,10-13H,2-5,8-9H2,1H3,(H,19,22). The van der Waals surface area contributed by atoms with E-state index in [1.807, 2.05) is 29.8 Å². The minimum atomic E-state index is -0.238. The molecule has 1 aliphatic carbocycles. The van der Waals surface area contributed by atoms with Crippen molar-refractivity contribution in [3.05, 3.63) is 46.2 Å². The molecule has 22 heavy (non-hydrogen) atoms. The fourth-order valence-corrected chi connectivity index (χ4v) is 3.29. The van der Waals surface area contributed by atoms with E-state index in [4.69, 9.17) is 0 Å². The number of fused-ring (bicyclic) bond motifs is 1. The summed E-state index contributed by atoms with van der Waals surface area (Å²) in [6, 6.07) is 7.60. The Balaban J connectivity index is 1.90. The molecule has 0 atom stereocenters. The smallest absolute Gasteiger partial charge is 0.256 e. The number of para-hydroxylation sites is 1. The molecule has 1 aliphatic rings. The van der Waals surface area contributed by atoms with Crippen LogP contribution in [0.1, 0.15) is 48.9 Å². The van der Waals surface area contributed by atoms with Gasteiger partial charge >= 0.3 is 0 Å². The molecule has 1 saturated carbocycles. The highest BCUT2D eigenvalue weighted by Crippen LogP contribution is 2.17. The highest BCUT2D eigenvalue weighted by atomic mass is 16.2. The number of amides is 1. The summed E-state index contributed by atoms with van der Waals surface area (Å²) < 4.78 is 1.85. The number of nitrogens with zero attached hydrogens (tertiary/aromatic N) is 1. The summed E-state index contributed by atoms with van der Waals surface area (Å²) in [5, 5.41) is 3.65. The largest absolute Gasteiger partial charge is 0.350 e. The summed E-state index contributed by atoms with van der Waals surface area (Å²) in [4.78, 5) is 25.1. The van der Waals surface area contributed by atoms with Gasteiger partial charge in [-0.05, 0) is 25.0 Å². The number of aryl methyl sites for hydroxylation is 1. The first-order valence-corrected chi connectivity index (χ1v) is 8.06. The lowest BCUT2D eigenvalue weighted by Gasteiger charge is -2.16. The molecular weight excluding hydrogens is 276 g/mol. The second-order valence-corrected chi connectivity index (χ2v) is 6.16. The molecule has 2 aromatic rings. The van der Waals surface area contributed by atoms with Crippen LogP contribution in [0.3, 0.4) is 0 Å². The van der Waals surface area contributed by atoms with Crippen molar-refractivity contribution in [1.82, 2.24) is 9.88 Å². The van der Waals surface area contributed by atoms with Crippen LogP contribution in [0.15, 0.2) is 35.3 Å². The lowest BCUT2D eigenvalue weighted by atomic mass is 10.1. The summed E-state index contributed by atoms with van der Waals surface area (Å²) >= 11 is 0. The SMILES string of the molecule is Cn1cc(C(=O)NC2CCCCCC2)c(=O)c2ccccc21. The van der Waals surface area contributed by atoms with Gasteiger partial charge in [-0.3, -0.25) is 9.59 Å². The van der Waals surface area contributed by atoms with Crippen molar-refractivity contribution >= 4 is 16.8 Å². The maximum absolute atomic E-state index is 12.6. The van der Waals surface area contributed by atoms with Crippen LogP contribution in [0, 0.1) is 0 Å². The highest BCUT2D eigenvalue weighted by molar-refractivity contribution is 5.97. The van der Waals surface area contributed by atoms with E-state index >= 15 is 0 Å². The Morgan fingerprint density at radius 2 is 1.82 bits per heavy atom. The van der Waals surface area contributed by atoms with Crippen LogP contribution < -0.4 is 10.7 Å². The van der Waals surface area contributed by atoms with Gasteiger partial charge in [-0.15, -0.1) is 0 Å². The van der Waals surface area contributed by atoms with Crippen LogP contribution in [-0.2, 0) is 7.05 Å². The van der Waals surface area contributed by atoms with Crippen LogP contribution in [-0.4, -0.2) is 16.5 Å². The lowest BCUT2D eigenvalue weighted by molar-refractivity contribution is 0.0932. The Kier molecular flexibility index (Phi) is 4.27. The van der Waals surface area contributed by atoms with Gasteiger partial charge in [0.05, 0.1) is 5.52 Å². The van der Waals surface area contributed by atoms with Gasteiger partial charge in [0.15, 0.2) is 0 Å². The molecule has 4 heteroatoms. The van der Waals surface area contributed by atoms with Crippen molar-refractivity contribution in [2.24, 2.45) is 7.05 Å². The number of rotatable bonds is 2. The number of benzene rings is 1. The molecule has 1 amide bonds. The summed E-state index contributed by atoms with van der Waals surface area (Å²) in [6.07, 6.45) is 8.46. The second-order valence-electron chi connectivity index (χ2n) is 6.16. The van der Waals surface area contributed by atoms with E-state index in [1.165, 1.54) is 12.8 Å². The van der Waals surface area contributed by atoms with Gasteiger partial charge in [-0.25, -0.2) is 0 Å². The molecule has 0 saturated heterocycles. The molecule has 1 aromatic heterocycles. The van der Waals surface area contributed by atoms with Gasteiger partial charge < -0.3 is 9.88 Å². The third-order valence-electron chi connectivity index (χ3n) is 4.53. The van der Waals surface area contributed by atoms with Crippen LogP contribution >= 0.6 is 0 Å². The quantitative estimate of drug-likeness (QED) is 0.867. The molecule has 116 valence electrons. The fraction of sp³-hybridized carbons (Fsp3) is 0.444. The third-order valence-corrected chi connectivity index (χ3v) is 4.53. The minimum Gasteiger partial charge on any atom is -0.350 e. The molecule has 0 spiro atoms. The van der Waals surface area contributed by atoms with Crippen LogP contribution in [0.2, 0.25) is 0 Å². The number of pyridine rings is 1. The Bertz CT molecular complexity index is 740. The molecule has 3 rings (SSSR count).